The van der Waals surface area contributed by atoms with Crippen molar-refractivity contribution in [3.8, 4) is 11.6 Å². The predicted molar refractivity (Wildman–Crippen MR) is 140 cm³/mol. The third kappa shape index (κ3) is 6.24. The van der Waals surface area contributed by atoms with Crippen LogP contribution < -0.4 is 14.8 Å². The molecule has 0 unspecified atom stereocenters. The van der Waals surface area contributed by atoms with Crippen LogP contribution in [-0.4, -0.2) is 65.4 Å². The first-order valence-electron chi connectivity index (χ1n) is 13.4. The predicted octanol–water partition coefficient (Wildman–Crippen LogP) is 3.59. The van der Waals surface area contributed by atoms with Gasteiger partial charge in [0.1, 0.15) is 6.61 Å². The number of piperidine rings is 1. The zero-order valence-electron chi connectivity index (χ0n) is 22.2. The summed E-state index contributed by atoms with van der Waals surface area (Å²) in [6, 6.07) is 12.7. The number of hydrogen-bond acceptors (Lipinski definition) is 6. The van der Waals surface area contributed by atoms with E-state index in [0.717, 1.165) is 50.2 Å². The monoisotopic (exact) mass is 506 g/mol. The molecule has 2 fully saturated rings. The number of aromatic nitrogens is 1. The minimum atomic E-state index is -0.181. The number of ether oxygens (including phenoxy) is 2. The van der Waals surface area contributed by atoms with Crippen LogP contribution in [0.3, 0.4) is 0 Å². The van der Waals surface area contributed by atoms with Crippen LogP contribution in [0.25, 0.3) is 0 Å². The van der Waals surface area contributed by atoms with Crippen LogP contribution in [0.4, 0.5) is 0 Å². The van der Waals surface area contributed by atoms with Crippen LogP contribution in [-0.2, 0) is 21.5 Å². The molecule has 5 rings (SSSR count). The molecule has 3 aliphatic rings. The maximum absolute atomic E-state index is 12.3. The smallest absolute Gasteiger partial charge is 0.258 e. The van der Waals surface area contributed by atoms with E-state index in [2.05, 4.69) is 55.3 Å². The zero-order valence-corrected chi connectivity index (χ0v) is 22.2. The molecule has 1 aromatic heterocycles. The highest BCUT2D eigenvalue weighted by Crippen LogP contribution is 2.36. The minimum absolute atomic E-state index is 0.0364. The lowest BCUT2D eigenvalue weighted by atomic mass is 9.92. The molecular weight excluding hydrogens is 468 g/mol. The Morgan fingerprint density at radius 1 is 1.08 bits per heavy atom. The number of nitrogens with zero attached hydrogens (tertiary/aromatic N) is 3. The number of hydrogen-bond donors (Lipinski definition) is 1. The minimum Gasteiger partial charge on any atom is -0.484 e. The van der Waals surface area contributed by atoms with Gasteiger partial charge in [0.05, 0.1) is 12.2 Å². The van der Waals surface area contributed by atoms with Gasteiger partial charge in [-0.2, -0.15) is 0 Å². The Balaban J connectivity index is 1.09. The number of likely N-dealkylation sites (tertiary alicyclic amines) is 2. The molecule has 198 valence electrons. The fraction of sp³-hybridized carbons (Fsp3) is 0.552. The van der Waals surface area contributed by atoms with Crippen molar-refractivity contribution in [1.29, 1.82) is 0 Å². The first kappa shape index (κ1) is 25.5. The van der Waals surface area contributed by atoms with Gasteiger partial charge in [-0.25, -0.2) is 4.98 Å². The van der Waals surface area contributed by atoms with Crippen LogP contribution in [0.15, 0.2) is 36.4 Å². The number of carbonyl (C=O) groups excluding carboxylic acids is 2. The third-order valence-corrected chi connectivity index (χ3v) is 7.45. The van der Waals surface area contributed by atoms with E-state index in [1.54, 1.807) is 4.90 Å². The zero-order chi connectivity index (χ0) is 26.0. The molecule has 0 spiro atoms. The molecule has 2 aromatic rings. The molecule has 0 bridgehead atoms. The van der Waals surface area contributed by atoms with E-state index in [4.69, 9.17) is 14.5 Å². The number of amides is 2. The molecule has 2 saturated heterocycles. The molecule has 37 heavy (non-hydrogen) atoms. The van der Waals surface area contributed by atoms with Crippen LogP contribution in [0, 0.1) is 0 Å². The normalized spacial score (nSPS) is 20.8. The van der Waals surface area contributed by atoms with Crippen LogP contribution >= 0.6 is 0 Å². The number of benzene rings is 1. The van der Waals surface area contributed by atoms with Gasteiger partial charge in [-0.3, -0.25) is 14.5 Å². The average Bonchev–Trinajstić information content (AvgIpc) is 3.28. The maximum atomic E-state index is 12.3. The van der Waals surface area contributed by atoms with E-state index in [9.17, 15) is 9.59 Å². The molecule has 1 aromatic carbocycles. The number of pyridine rings is 1. The summed E-state index contributed by atoms with van der Waals surface area (Å²) >= 11 is 0. The van der Waals surface area contributed by atoms with Gasteiger partial charge >= 0.3 is 0 Å². The van der Waals surface area contributed by atoms with E-state index >= 15 is 0 Å². The highest BCUT2D eigenvalue weighted by atomic mass is 16.6. The summed E-state index contributed by atoms with van der Waals surface area (Å²) < 4.78 is 12.2. The second kappa shape index (κ2) is 10.7. The lowest BCUT2D eigenvalue weighted by Gasteiger charge is -2.32. The lowest BCUT2D eigenvalue weighted by molar-refractivity contribution is -0.133. The standard InChI is InChI=1S/C29H38N4O4/c1-29(2,3)25-11-10-23-28(31-25)37-24(19-36-23)21-8-6-20(7-9-21)17-32-15-12-22(13-16-32)30-26(34)18-33-14-4-5-27(33)35/h6-11,22,24H,4-5,12-19H2,1-3H3,(H,30,34)/t24-/m1/s1. The number of rotatable bonds is 6. The van der Waals surface area contributed by atoms with E-state index in [1.807, 2.05) is 12.1 Å². The fourth-order valence-corrected chi connectivity index (χ4v) is 5.19. The van der Waals surface area contributed by atoms with E-state index in [-0.39, 0.29) is 35.9 Å². The van der Waals surface area contributed by atoms with E-state index in [1.165, 1.54) is 5.56 Å². The van der Waals surface area contributed by atoms with Crippen LogP contribution in [0.2, 0.25) is 0 Å². The summed E-state index contributed by atoms with van der Waals surface area (Å²) in [6.07, 6.45) is 3.09. The summed E-state index contributed by atoms with van der Waals surface area (Å²) in [4.78, 5) is 32.9. The van der Waals surface area contributed by atoms with Crippen LogP contribution in [0.5, 0.6) is 11.6 Å². The molecule has 8 heteroatoms. The number of fused-ring (bicyclic) bond motifs is 1. The highest BCUT2D eigenvalue weighted by Gasteiger charge is 2.27. The molecule has 3 aliphatic heterocycles. The second-order valence-electron chi connectivity index (χ2n) is 11.4. The Labute approximate surface area is 219 Å². The Kier molecular flexibility index (Phi) is 7.38. The first-order chi connectivity index (χ1) is 17.7. The molecule has 0 radical (unpaired) electrons. The summed E-state index contributed by atoms with van der Waals surface area (Å²) in [5.74, 6) is 1.32. The van der Waals surface area contributed by atoms with Gasteiger partial charge in [0.15, 0.2) is 11.9 Å². The van der Waals surface area contributed by atoms with Crippen molar-refractivity contribution >= 4 is 11.8 Å². The van der Waals surface area contributed by atoms with Gasteiger partial charge in [-0.1, -0.05) is 45.0 Å². The summed E-state index contributed by atoms with van der Waals surface area (Å²) in [5, 5.41) is 3.12. The molecule has 0 saturated carbocycles. The fourth-order valence-electron chi connectivity index (χ4n) is 5.19. The van der Waals surface area contributed by atoms with Crippen molar-refractivity contribution in [3.05, 3.63) is 53.2 Å². The van der Waals surface area contributed by atoms with Gasteiger partial charge in [0.2, 0.25) is 11.8 Å². The second-order valence-corrected chi connectivity index (χ2v) is 11.4. The highest BCUT2D eigenvalue weighted by molar-refractivity contribution is 5.85. The van der Waals surface area contributed by atoms with Crippen molar-refractivity contribution < 1.29 is 19.1 Å². The van der Waals surface area contributed by atoms with Crippen LogP contribution in [0.1, 0.15) is 69.4 Å². The Morgan fingerprint density at radius 2 is 1.84 bits per heavy atom. The molecule has 0 aliphatic carbocycles. The molecule has 4 heterocycles. The Morgan fingerprint density at radius 3 is 2.51 bits per heavy atom. The quantitative estimate of drug-likeness (QED) is 0.645. The molecular formula is C29H38N4O4. The van der Waals surface area contributed by atoms with Crippen molar-refractivity contribution in [2.75, 3.05) is 32.8 Å². The van der Waals surface area contributed by atoms with E-state index in [0.29, 0.717) is 31.2 Å². The topological polar surface area (TPSA) is 84.0 Å². The Hall–Kier alpha value is -3.13. The van der Waals surface area contributed by atoms with Crippen molar-refractivity contribution in [3.63, 3.8) is 0 Å². The van der Waals surface area contributed by atoms with Crippen molar-refractivity contribution in [1.82, 2.24) is 20.1 Å². The maximum Gasteiger partial charge on any atom is 0.258 e. The van der Waals surface area contributed by atoms with Crippen molar-refractivity contribution in [2.24, 2.45) is 0 Å². The van der Waals surface area contributed by atoms with Gasteiger partial charge in [-0.15, -0.1) is 0 Å². The van der Waals surface area contributed by atoms with E-state index < -0.39 is 0 Å². The SMILES string of the molecule is CC(C)(C)c1ccc2c(n1)O[C@@H](c1ccc(CN3CCC(NC(=O)CN4CCCC4=O)CC3)cc1)CO2. The average molecular weight is 507 g/mol. The van der Waals surface area contributed by atoms with Gasteiger partial charge in [0, 0.05) is 44.1 Å². The third-order valence-electron chi connectivity index (χ3n) is 7.45. The summed E-state index contributed by atoms with van der Waals surface area (Å²) in [6.45, 7) is 10.5. The summed E-state index contributed by atoms with van der Waals surface area (Å²) in [7, 11) is 0. The number of carbonyl (C=O) groups is 2. The molecule has 2 amide bonds. The molecule has 8 nitrogen and oxygen atoms in total. The van der Waals surface area contributed by atoms with Gasteiger partial charge in [0.25, 0.3) is 5.88 Å². The van der Waals surface area contributed by atoms with Gasteiger partial charge < -0.3 is 19.7 Å². The van der Waals surface area contributed by atoms with Gasteiger partial charge in [-0.05, 0) is 42.5 Å². The lowest BCUT2D eigenvalue weighted by Crippen LogP contribution is -2.47. The Bertz CT molecular complexity index is 1120. The van der Waals surface area contributed by atoms with Crippen molar-refractivity contribution in [2.45, 2.75) is 70.6 Å². The molecule has 1 atom stereocenters. The number of nitrogens with one attached hydrogen (secondary N) is 1. The largest absolute Gasteiger partial charge is 0.484 e. The molecule has 1 N–H and O–H groups in total. The first-order valence-corrected chi connectivity index (χ1v) is 13.4. The summed E-state index contributed by atoms with van der Waals surface area (Å²) in [5.41, 5.74) is 3.26.